The van der Waals surface area contributed by atoms with Gasteiger partial charge in [-0.3, -0.25) is 4.79 Å². The lowest BCUT2D eigenvalue weighted by Gasteiger charge is -2.16. The summed E-state index contributed by atoms with van der Waals surface area (Å²) in [4.78, 5) is 13.0. The highest BCUT2D eigenvalue weighted by Crippen LogP contribution is 2.32. The molecule has 34 heavy (non-hydrogen) atoms. The van der Waals surface area contributed by atoms with Crippen molar-refractivity contribution in [3.05, 3.63) is 89.5 Å². The molecule has 174 valence electrons. The number of phenolic OH excluding ortho intramolecular Hbond substituents is 1. The van der Waals surface area contributed by atoms with Crippen LogP contribution >= 0.6 is 11.8 Å². The maximum absolute atomic E-state index is 13.0. The first-order valence-corrected chi connectivity index (χ1v) is 12.1. The summed E-state index contributed by atoms with van der Waals surface area (Å²) in [7, 11) is 0. The molecule has 3 aromatic carbocycles. The number of hydrogen-bond donors (Lipinski definition) is 2. The van der Waals surface area contributed by atoms with E-state index in [1.54, 1.807) is 12.1 Å². The summed E-state index contributed by atoms with van der Waals surface area (Å²) >= 11 is 1.36. The van der Waals surface area contributed by atoms with Gasteiger partial charge in [-0.2, -0.15) is 0 Å². The number of benzene rings is 3. The van der Waals surface area contributed by atoms with Crippen molar-refractivity contribution in [2.75, 3.05) is 5.32 Å². The number of thioether (sulfide) groups is 1. The summed E-state index contributed by atoms with van der Waals surface area (Å²) < 4.78 is 1.98. The number of aromatic hydroxyl groups is 1. The number of anilines is 1. The molecule has 0 saturated heterocycles. The predicted octanol–water partition coefficient (Wildman–Crippen LogP) is 5.63. The fourth-order valence-electron chi connectivity index (χ4n) is 3.77. The third-order valence-corrected chi connectivity index (χ3v) is 6.79. The second kappa shape index (κ2) is 10.6. The maximum Gasteiger partial charge on any atom is 0.237 e. The lowest BCUT2D eigenvalue weighted by Crippen LogP contribution is -2.24. The quantitative estimate of drug-likeness (QED) is 0.325. The Morgan fingerprint density at radius 3 is 2.35 bits per heavy atom. The lowest BCUT2D eigenvalue weighted by atomic mass is 10.1. The number of rotatable bonds is 8. The molecule has 7 heteroatoms. The van der Waals surface area contributed by atoms with Crippen LogP contribution < -0.4 is 5.32 Å². The number of nitrogens with one attached hydrogen (secondary N) is 1. The number of aryl methyl sites for hydroxylation is 3. The van der Waals surface area contributed by atoms with Gasteiger partial charge in [-0.15, -0.1) is 10.2 Å². The molecule has 0 fully saturated rings. The van der Waals surface area contributed by atoms with E-state index in [0.29, 0.717) is 23.1 Å². The van der Waals surface area contributed by atoms with Gasteiger partial charge in [0.25, 0.3) is 0 Å². The molecule has 0 aliphatic rings. The van der Waals surface area contributed by atoms with Crippen LogP contribution in [0.1, 0.15) is 23.6 Å². The van der Waals surface area contributed by atoms with Crippen molar-refractivity contribution < 1.29 is 9.90 Å². The van der Waals surface area contributed by atoms with Crippen LogP contribution in [0, 0.1) is 13.8 Å². The van der Waals surface area contributed by atoms with Crippen LogP contribution in [0.15, 0.2) is 78.0 Å². The molecule has 4 aromatic rings. The van der Waals surface area contributed by atoms with Crippen LogP contribution in [0.4, 0.5) is 5.69 Å². The molecule has 6 nitrogen and oxygen atoms in total. The highest BCUT2D eigenvalue weighted by Gasteiger charge is 2.22. The average Bonchev–Trinajstić information content (AvgIpc) is 3.23. The fraction of sp³-hybridized carbons (Fsp3) is 0.222. The summed E-state index contributed by atoms with van der Waals surface area (Å²) in [5.41, 5.74) is 4.70. The molecule has 1 heterocycles. The van der Waals surface area contributed by atoms with Crippen LogP contribution in [0.25, 0.3) is 11.4 Å². The summed E-state index contributed by atoms with van der Waals surface area (Å²) in [5.74, 6) is 0.635. The van der Waals surface area contributed by atoms with Crippen molar-refractivity contribution in [2.24, 2.45) is 0 Å². The smallest absolute Gasteiger partial charge is 0.237 e. The lowest BCUT2D eigenvalue weighted by molar-refractivity contribution is -0.115. The minimum absolute atomic E-state index is 0.0934. The van der Waals surface area contributed by atoms with E-state index in [9.17, 15) is 9.90 Å². The zero-order valence-electron chi connectivity index (χ0n) is 19.5. The molecule has 1 amide bonds. The third-order valence-electron chi connectivity index (χ3n) is 5.71. The van der Waals surface area contributed by atoms with Crippen molar-refractivity contribution in [1.82, 2.24) is 14.8 Å². The molecule has 1 unspecified atom stereocenters. The zero-order valence-corrected chi connectivity index (χ0v) is 20.3. The average molecular weight is 473 g/mol. The molecule has 1 atom stereocenters. The Kier molecular flexibility index (Phi) is 7.33. The van der Waals surface area contributed by atoms with Gasteiger partial charge in [0.15, 0.2) is 11.0 Å². The van der Waals surface area contributed by atoms with Crippen LogP contribution in [0.3, 0.4) is 0 Å². The fourth-order valence-corrected chi connectivity index (χ4v) is 4.65. The molecule has 2 N–H and O–H groups in total. The topological polar surface area (TPSA) is 80.0 Å². The van der Waals surface area contributed by atoms with Gasteiger partial charge in [0.05, 0.1) is 10.8 Å². The van der Waals surface area contributed by atoms with Crippen molar-refractivity contribution in [1.29, 1.82) is 0 Å². The number of phenols is 1. The largest absolute Gasteiger partial charge is 0.507 e. The van der Waals surface area contributed by atoms with E-state index in [1.807, 2.05) is 73.9 Å². The highest BCUT2D eigenvalue weighted by atomic mass is 32.2. The molecule has 0 bridgehead atoms. The monoisotopic (exact) mass is 472 g/mol. The van der Waals surface area contributed by atoms with E-state index < -0.39 is 5.25 Å². The van der Waals surface area contributed by atoms with Crippen molar-refractivity contribution in [3.63, 3.8) is 0 Å². The van der Waals surface area contributed by atoms with E-state index in [4.69, 9.17) is 0 Å². The number of para-hydroxylation sites is 2. The van der Waals surface area contributed by atoms with Crippen LogP contribution in [-0.4, -0.2) is 31.0 Å². The molecule has 0 saturated carbocycles. The normalized spacial score (nSPS) is 11.9. The van der Waals surface area contributed by atoms with Crippen molar-refractivity contribution in [3.8, 4) is 17.1 Å². The zero-order chi connectivity index (χ0) is 24.1. The van der Waals surface area contributed by atoms with Crippen molar-refractivity contribution >= 4 is 23.4 Å². The molecule has 0 radical (unpaired) electrons. The molecular weight excluding hydrogens is 444 g/mol. The summed E-state index contributed by atoms with van der Waals surface area (Å²) in [6, 6.07) is 23.2. The second-order valence-corrected chi connectivity index (χ2v) is 9.53. The van der Waals surface area contributed by atoms with Crippen LogP contribution in [-0.2, 0) is 17.8 Å². The number of aromatic nitrogens is 3. The molecule has 1 aromatic heterocycles. The SMILES string of the molecule is Cc1cccc(C)c1NC(=O)C(C)Sc1nnc(-c2ccccc2O)n1CCc1ccccc1. The molecule has 0 spiro atoms. The van der Waals surface area contributed by atoms with Gasteiger partial charge in [-0.05, 0) is 56.0 Å². The standard InChI is InChI=1S/C27H28N4O2S/c1-18-10-9-11-19(2)24(18)28-26(33)20(3)34-27-30-29-25(22-14-7-8-15-23(22)32)31(27)17-16-21-12-5-4-6-13-21/h4-15,20,32H,16-17H2,1-3H3,(H,28,33). The summed E-state index contributed by atoms with van der Waals surface area (Å²) in [6.45, 7) is 6.45. The predicted molar refractivity (Wildman–Crippen MR) is 137 cm³/mol. The minimum Gasteiger partial charge on any atom is -0.507 e. The first-order valence-electron chi connectivity index (χ1n) is 11.2. The Bertz CT molecular complexity index is 1270. The van der Waals surface area contributed by atoms with Gasteiger partial charge >= 0.3 is 0 Å². The summed E-state index contributed by atoms with van der Waals surface area (Å²) in [5, 5.41) is 22.5. The molecule has 0 aliphatic heterocycles. The Balaban J connectivity index is 1.59. The van der Waals surface area contributed by atoms with Gasteiger partial charge in [0.1, 0.15) is 5.75 Å². The highest BCUT2D eigenvalue weighted by molar-refractivity contribution is 8.00. The van der Waals surface area contributed by atoms with E-state index in [2.05, 4.69) is 27.6 Å². The van der Waals surface area contributed by atoms with Gasteiger partial charge in [-0.25, -0.2) is 0 Å². The van der Waals surface area contributed by atoms with E-state index >= 15 is 0 Å². The van der Waals surface area contributed by atoms with E-state index in [0.717, 1.165) is 23.2 Å². The van der Waals surface area contributed by atoms with Crippen LogP contribution in [0.5, 0.6) is 5.75 Å². The van der Waals surface area contributed by atoms with Crippen molar-refractivity contribution in [2.45, 2.75) is 44.1 Å². The molecule has 4 rings (SSSR count). The Morgan fingerprint density at radius 1 is 0.971 bits per heavy atom. The number of carbonyl (C=O) groups is 1. The van der Waals surface area contributed by atoms with Gasteiger partial charge in [-0.1, -0.05) is 72.4 Å². The van der Waals surface area contributed by atoms with Crippen LogP contribution in [0.2, 0.25) is 0 Å². The minimum atomic E-state index is -0.393. The molecular formula is C27H28N4O2S. The third kappa shape index (κ3) is 5.31. The number of nitrogens with zero attached hydrogens (tertiary/aromatic N) is 3. The Hall–Kier alpha value is -3.58. The number of amides is 1. The Morgan fingerprint density at radius 2 is 1.65 bits per heavy atom. The first kappa shape index (κ1) is 23.6. The van der Waals surface area contributed by atoms with Gasteiger partial charge in [0, 0.05) is 12.2 Å². The van der Waals surface area contributed by atoms with Gasteiger partial charge in [0.2, 0.25) is 5.91 Å². The maximum atomic E-state index is 13.0. The number of hydrogen-bond acceptors (Lipinski definition) is 5. The van der Waals surface area contributed by atoms with E-state index in [-0.39, 0.29) is 11.7 Å². The Labute approximate surface area is 204 Å². The molecule has 0 aliphatic carbocycles. The number of carbonyl (C=O) groups excluding carboxylic acids is 1. The second-order valence-electron chi connectivity index (χ2n) is 8.23. The first-order chi connectivity index (χ1) is 16.4. The summed E-state index contributed by atoms with van der Waals surface area (Å²) in [6.07, 6.45) is 0.774. The van der Waals surface area contributed by atoms with Gasteiger partial charge < -0.3 is 15.0 Å². The van der Waals surface area contributed by atoms with E-state index in [1.165, 1.54) is 17.3 Å².